The molecule has 0 amide bonds. The van der Waals surface area contributed by atoms with Gasteiger partial charge in [-0.1, -0.05) is 0 Å². The van der Waals surface area contributed by atoms with E-state index in [-0.39, 0.29) is 24.8 Å². The summed E-state index contributed by atoms with van der Waals surface area (Å²) in [6.45, 7) is 4.67. The van der Waals surface area contributed by atoms with Crippen LogP contribution in [0.5, 0.6) is 0 Å². The van der Waals surface area contributed by atoms with Crippen molar-refractivity contribution in [3.8, 4) is 0 Å². The molecular formula is C14H18Cl2Zr. The largest absolute Gasteiger partial charge is 1.00 e. The van der Waals surface area contributed by atoms with E-state index in [4.69, 9.17) is 0 Å². The van der Waals surface area contributed by atoms with Crippen LogP contribution >= 0.6 is 0 Å². The van der Waals surface area contributed by atoms with Gasteiger partial charge >= 0.3 is 105 Å². The Balaban J connectivity index is 0.00000128. The molecule has 2 aliphatic rings. The molecule has 0 unspecified atom stereocenters. The van der Waals surface area contributed by atoms with E-state index < -0.39 is 23.2 Å². The summed E-state index contributed by atoms with van der Waals surface area (Å²) in [6.07, 6.45) is 19.9. The second-order valence-corrected chi connectivity index (χ2v) is 9.43. The normalized spacial score (nSPS) is 19.2. The van der Waals surface area contributed by atoms with Crippen molar-refractivity contribution in [2.45, 2.75) is 27.0 Å². The van der Waals surface area contributed by atoms with E-state index in [9.17, 15) is 0 Å². The molecule has 0 N–H and O–H groups in total. The van der Waals surface area contributed by atoms with Crippen molar-refractivity contribution in [1.29, 1.82) is 0 Å². The van der Waals surface area contributed by atoms with Crippen molar-refractivity contribution in [1.82, 2.24) is 0 Å². The SMILES string of the molecule is CC(C)C[C]1([Zr+2][CH]2C=CC=C2)C=CC=C1.[Cl-].[Cl-]. The van der Waals surface area contributed by atoms with Crippen molar-refractivity contribution >= 4 is 0 Å². The second-order valence-electron chi connectivity index (χ2n) is 4.80. The van der Waals surface area contributed by atoms with Gasteiger partial charge in [0, 0.05) is 0 Å². The van der Waals surface area contributed by atoms with Crippen LogP contribution in [0.2, 0.25) is 6.75 Å². The van der Waals surface area contributed by atoms with Crippen LogP contribution < -0.4 is 24.8 Å². The van der Waals surface area contributed by atoms with Crippen molar-refractivity contribution in [2.75, 3.05) is 0 Å². The summed E-state index contributed by atoms with van der Waals surface area (Å²) in [5, 5.41) is 0. The fourth-order valence-corrected chi connectivity index (χ4v) is 7.10. The minimum absolute atomic E-state index is 0. The quantitative estimate of drug-likeness (QED) is 0.570. The van der Waals surface area contributed by atoms with Crippen LogP contribution in [-0.4, -0.2) is 0 Å². The molecule has 0 fully saturated rings. The van der Waals surface area contributed by atoms with Gasteiger partial charge in [0.05, 0.1) is 0 Å². The van der Waals surface area contributed by atoms with Crippen molar-refractivity contribution in [3.63, 3.8) is 0 Å². The van der Waals surface area contributed by atoms with Gasteiger partial charge in [-0.15, -0.1) is 0 Å². The molecule has 0 nitrogen and oxygen atoms in total. The standard InChI is InChI=1S/C9H13.C5H5.2ClH.Zr/c1-8(2)7-9-5-3-4-6-9;1-2-4-5-3-1;;;/h3-6,8H,7H2,1-2H3;1-5H;2*1H;/q;;;;+2/p-2. The minimum Gasteiger partial charge on any atom is -1.00 e. The Morgan fingerprint density at radius 2 is 1.53 bits per heavy atom. The number of hydrogen-bond donors (Lipinski definition) is 0. The zero-order valence-corrected chi connectivity index (χ0v) is 14.2. The molecule has 0 saturated carbocycles. The molecule has 17 heavy (non-hydrogen) atoms. The zero-order valence-electron chi connectivity index (χ0n) is 10.2. The molecule has 0 atom stereocenters. The number of allylic oxidation sites excluding steroid dienone is 8. The topological polar surface area (TPSA) is 0 Å². The number of hydrogen-bond acceptors (Lipinski definition) is 0. The molecule has 0 saturated heterocycles. The van der Waals surface area contributed by atoms with Crippen molar-refractivity contribution in [3.05, 3.63) is 48.6 Å². The van der Waals surface area contributed by atoms with Gasteiger partial charge in [-0.05, 0) is 0 Å². The van der Waals surface area contributed by atoms with Gasteiger partial charge in [-0.2, -0.15) is 0 Å². The van der Waals surface area contributed by atoms with Crippen LogP contribution in [0.15, 0.2) is 48.6 Å². The maximum Gasteiger partial charge on any atom is -1.00 e. The van der Waals surface area contributed by atoms with E-state index >= 15 is 0 Å². The van der Waals surface area contributed by atoms with Crippen LogP contribution in [0.3, 0.4) is 0 Å². The Labute approximate surface area is 129 Å². The summed E-state index contributed by atoms with van der Waals surface area (Å²) in [5.74, 6) is 0.799. The Kier molecular flexibility index (Phi) is 7.96. The Hall–Kier alpha value is 0.423. The maximum atomic E-state index is 2.46. The predicted molar refractivity (Wildman–Crippen MR) is 62.5 cm³/mol. The molecule has 0 aliphatic heterocycles. The van der Waals surface area contributed by atoms with Gasteiger partial charge in [-0.25, -0.2) is 0 Å². The first-order valence-electron chi connectivity index (χ1n) is 5.70. The van der Waals surface area contributed by atoms with Crippen LogP contribution in [0.25, 0.3) is 0 Å². The summed E-state index contributed by atoms with van der Waals surface area (Å²) < 4.78 is 1.29. The van der Waals surface area contributed by atoms with Gasteiger partial charge in [0.15, 0.2) is 0 Å². The zero-order chi connectivity index (χ0) is 10.7. The molecule has 3 heteroatoms. The van der Waals surface area contributed by atoms with E-state index in [1.807, 2.05) is 0 Å². The first-order valence-corrected chi connectivity index (χ1v) is 8.35. The van der Waals surface area contributed by atoms with Crippen LogP contribution in [-0.2, 0) is 23.2 Å². The van der Waals surface area contributed by atoms with E-state index in [1.54, 1.807) is 0 Å². The third-order valence-corrected chi connectivity index (χ3v) is 7.24. The summed E-state index contributed by atoms with van der Waals surface area (Å²) in [4.78, 5) is 0. The molecule has 0 bridgehead atoms. The molecule has 0 aromatic heterocycles. The average Bonchev–Trinajstić information content (AvgIpc) is 2.76. The van der Waals surface area contributed by atoms with Crippen LogP contribution in [0.1, 0.15) is 20.3 Å². The smallest absolute Gasteiger partial charge is 1.00 e. The monoisotopic (exact) mass is 346 g/mol. The van der Waals surface area contributed by atoms with Gasteiger partial charge in [0.1, 0.15) is 0 Å². The first-order chi connectivity index (χ1) is 7.20. The van der Waals surface area contributed by atoms with E-state index in [1.165, 1.54) is 6.42 Å². The van der Waals surface area contributed by atoms with Gasteiger partial charge in [0.2, 0.25) is 0 Å². The fraction of sp³-hybridized carbons (Fsp3) is 0.429. The van der Waals surface area contributed by atoms with E-state index in [0.717, 1.165) is 9.54 Å². The molecule has 0 spiro atoms. The molecule has 92 valence electrons. The molecule has 2 aliphatic carbocycles. The average molecular weight is 348 g/mol. The third-order valence-electron chi connectivity index (χ3n) is 2.83. The fourth-order valence-electron chi connectivity index (χ4n) is 2.32. The Morgan fingerprint density at radius 1 is 1.00 bits per heavy atom. The molecule has 2 rings (SSSR count). The summed E-state index contributed by atoms with van der Waals surface area (Å²) in [5.41, 5.74) is 0. The minimum atomic E-state index is -0.437. The summed E-state index contributed by atoms with van der Waals surface area (Å²) in [7, 11) is 0. The molecule has 0 aromatic rings. The molecule has 0 aromatic carbocycles. The summed E-state index contributed by atoms with van der Waals surface area (Å²) in [6, 6.07) is 0. The van der Waals surface area contributed by atoms with Gasteiger partial charge in [0.25, 0.3) is 0 Å². The van der Waals surface area contributed by atoms with Crippen LogP contribution in [0.4, 0.5) is 0 Å². The van der Waals surface area contributed by atoms with Gasteiger partial charge in [-0.3, -0.25) is 0 Å². The molecule has 0 heterocycles. The van der Waals surface area contributed by atoms with Crippen LogP contribution in [0, 0.1) is 5.92 Å². The van der Waals surface area contributed by atoms with Crippen molar-refractivity contribution in [2.24, 2.45) is 5.92 Å². The second kappa shape index (κ2) is 7.77. The van der Waals surface area contributed by atoms with E-state index in [0.29, 0.717) is 3.12 Å². The Morgan fingerprint density at radius 3 is 2.00 bits per heavy atom. The molecule has 0 radical (unpaired) electrons. The number of halogens is 2. The third kappa shape index (κ3) is 4.89. The van der Waals surface area contributed by atoms with Crippen molar-refractivity contribution < 1.29 is 48.0 Å². The molecular weight excluding hydrogens is 330 g/mol. The van der Waals surface area contributed by atoms with E-state index in [2.05, 4.69) is 62.5 Å². The first kappa shape index (κ1) is 17.4. The maximum absolute atomic E-state index is 2.46. The van der Waals surface area contributed by atoms with Gasteiger partial charge < -0.3 is 24.8 Å². The summed E-state index contributed by atoms with van der Waals surface area (Å²) >= 11 is -0.437. The number of rotatable bonds is 4. The Bertz CT molecular complexity index is 316. The predicted octanol–water partition coefficient (Wildman–Crippen LogP) is -1.68.